The number of rotatable bonds is 2. The summed E-state index contributed by atoms with van der Waals surface area (Å²) in [6.07, 6.45) is 0. The zero-order valence-electron chi connectivity index (χ0n) is 38.8. The topological polar surface area (TPSA) is 49.9 Å². The van der Waals surface area contributed by atoms with Crippen molar-refractivity contribution in [1.82, 2.24) is 19.6 Å². The zero-order chi connectivity index (χ0) is 43.9. The van der Waals surface area contributed by atoms with Gasteiger partial charge in [-0.3, -0.25) is 0 Å². The Hall–Kier alpha value is -4.81. The Morgan fingerprint density at radius 3 is 0.825 bits per heavy atom. The van der Waals surface area contributed by atoms with E-state index in [1.165, 1.54) is 75.1 Å². The molecule has 0 saturated carbocycles. The van der Waals surface area contributed by atoms with Gasteiger partial charge in [0.05, 0.1) is 0 Å². The molecular weight excluding hydrogens is 964 g/mol. The molecule has 4 saturated heterocycles. The predicted molar refractivity (Wildman–Crippen MR) is 245 cm³/mol. The van der Waals surface area contributed by atoms with Gasteiger partial charge in [0, 0.05) is 0 Å². The molecule has 0 aliphatic carbocycles. The fourth-order valence-corrected chi connectivity index (χ4v) is 14.3. The molecule has 8 aliphatic heterocycles. The van der Waals surface area contributed by atoms with Crippen LogP contribution in [-0.2, 0) is 58.2 Å². The number of nitrogens with zero attached hydrogens (tertiary/aromatic N) is 4. The van der Waals surface area contributed by atoms with Gasteiger partial charge in [-0.1, -0.05) is 0 Å². The number of hydrogen-bond donors (Lipinski definition) is 0. The Bertz CT molecular complexity index is 2480. The predicted octanol–water partition coefficient (Wildman–Crippen LogP) is 11.0. The van der Waals surface area contributed by atoms with Crippen LogP contribution in [0.1, 0.15) is 152 Å². The Morgan fingerprint density at radius 1 is 0.349 bits per heavy atom. The second-order valence-corrected chi connectivity index (χ2v) is 25.5. The van der Waals surface area contributed by atoms with Gasteiger partial charge in [0.2, 0.25) is 0 Å². The molecule has 63 heavy (non-hydrogen) atoms. The molecule has 8 aliphatic rings. The van der Waals surface area contributed by atoms with Crippen LogP contribution >= 0.6 is 0 Å². The molecule has 8 heterocycles. The summed E-state index contributed by atoms with van der Waals surface area (Å²) in [7, 11) is 0. The Morgan fingerprint density at radius 2 is 0.587 bits per heavy atom. The van der Waals surface area contributed by atoms with Crippen molar-refractivity contribution in [1.29, 1.82) is 0 Å². The maximum atomic E-state index is 6.84. The molecule has 0 amide bonds. The monoisotopic (exact) mass is 1020 g/mol. The molecule has 4 atom stereocenters. The molecule has 0 radical (unpaired) electrons. The van der Waals surface area contributed by atoms with E-state index >= 15 is 0 Å². The third-order valence-electron chi connectivity index (χ3n) is 14.4. The van der Waals surface area contributed by atoms with E-state index in [9.17, 15) is 0 Å². The summed E-state index contributed by atoms with van der Waals surface area (Å²) < 4.78 is 30.0. The molecule has 6 bridgehead atoms. The number of ether oxygens (including phenoxy) is 4. The SMILES string of the molecule is CC(C)(C)c1cc(-c2cc3cc(c2)C2COC4=C5OCC6c7cc(-c8cc(C(C)(C)C)cc(C(C)(C)C)c8)cc(c7)C7COC8=C9OCC3N9[C](=[Pt]=[C](N42)N56)N87)cc(C(C)(C)C)c1. The van der Waals surface area contributed by atoms with Crippen molar-refractivity contribution in [3.8, 4) is 22.3 Å². The third-order valence-corrected chi connectivity index (χ3v) is 17.6. The van der Waals surface area contributed by atoms with Gasteiger partial charge in [0.25, 0.3) is 0 Å². The van der Waals surface area contributed by atoms with E-state index in [0.717, 1.165) is 23.5 Å². The van der Waals surface area contributed by atoms with E-state index in [1.54, 1.807) is 0 Å². The Kier molecular flexibility index (Phi) is 8.16. The Balaban J connectivity index is 1.07. The molecule has 9 heteroatoms. The molecular formula is C54H60N4O4Pt. The summed E-state index contributed by atoms with van der Waals surface area (Å²) in [4.78, 5) is 10.1. The third kappa shape index (κ3) is 5.94. The van der Waals surface area contributed by atoms with Crippen molar-refractivity contribution < 1.29 is 36.6 Å². The van der Waals surface area contributed by atoms with E-state index in [2.05, 4.69) is 175 Å². The van der Waals surface area contributed by atoms with Crippen molar-refractivity contribution in [3.05, 3.63) is 141 Å². The molecule has 0 spiro atoms. The standard InChI is InChI=1S/C54H60N4O4.Pt/c1-51(2,3)39-19-33(20-40(23-39)52(4,5)6)31-13-35-17-36(14-31)44-26-60-48-50-58(30-56(44)48)46(28-62-50)38-16-32(34-21-41(53(7,8)9)24-42(22-34)54(10,11)12)15-37(18-38)45-27-61-49-47-55(29-57(45)49)43(35)25-59-47;/h13-24,43-46H,25-28H2,1-12H3;. The number of benzene rings is 4. The summed E-state index contributed by atoms with van der Waals surface area (Å²) in [5.74, 6) is 3.42. The molecule has 4 aromatic carbocycles. The van der Waals surface area contributed by atoms with Crippen LogP contribution in [0.5, 0.6) is 0 Å². The summed E-state index contributed by atoms with van der Waals surface area (Å²) in [6, 6.07) is 29.2. The van der Waals surface area contributed by atoms with E-state index < -0.39 is 17.6 Å². The first kappa shape index (κ1) is 39.8. The fraction of sp³-hybridized carbons (Fsp3) is 0.444. The molecule has 12 rings (SSSR count). The summed E-state index contributed by atoms with van der Waals surface area (Å²) in [6.45, 7) is 30.1. The molecule has 8 nitrogen and oxygen atoms in total. The number of fused-ring (bicyclic) bond motifs is 8. The first-order valence-electron chi connectivity index (χ1n) is 22.8. The van der Waals surface area contributed by atoms with Crippen LogP contribution < -0.4 is 0 Å². The number of hydrogen-bond acceptors (Lipinski definition) is 8. The first-order valence-corrected chi connectivity index (χ1v) is 25.1. The van der Waals surface area contributed by atoms with Crippen molar-refractivity contribution in [2.24, 2.45) is 0 Å². The molecule has 0 N–H and O–H groups in total. The first-order chi connectivity index (χ1) is 29.7. The minimum atomic E-state index is -0.825. The van der Waals surface area contributed by atoms with Gasteiger partial charge in [-0.2, -0.15) is 0 Å². The molecule has 4 aromatic rings. The molecule has 330 valence electrons. The van der Waals surface area contributed by atoms with Crippen LogP contribution in [0.2, 0.25) is 0 Å². The fourth-order valence-electron chi connectivity index (χ4n) is 10.4. The normalized spacial score (nSPS) is 24.2. The van der Waals surface area contributed by atoms with Gasteiger partial charge in [-0.05, 0) is 0 Å². The van der Waals surface area contributed by atoms with Gasteiger partial charge in [0.1, 0.15) is 0 Å². The molecule has 0 aromatic heterocycles. The van der Waals surface area contributed by atoms with Crippen molar-refractivity contribution in [3.63, 3.8) is 0 Å². The summed E-state index contributed by atoms with van der Waals surface area (Å²) in [5.41, 5.74) is 15.4. The van der Waals surface area contributed by atoms with Crippen LogP contribution in [-0.4, -0.2) is 54.3 Å². The van der Waals surface area contributed by atoms with Gasteiger partial charge in [0.15, 0.2) is 0 Å². The van der Waals surface area contributed by atoms with Crippen LogP contribution in [0.25, 0.3) is 22.3 Å². The van der Waals surface area contributed by atoms with Gasteiger partial charge in [-0.15, -0.1) is 0 Å². The average Bonchev–Trinajstić information content (AvgIpc) is 4.06. The quantitative estimate of drug-likeness (QED) is 0.197. The summed E-state index contributed by atoms with van der Waals surface area (Å²) in [5, 5.41) is 0. The molecule has 4 unspecified atom stereocenters. The van der Waals surface area contributed by atoms with Crippen LogP contribution in [0.15, 0.2) is 96.3 Å². The van der Waals surface area contributed by atoms with E-state index in [1.807, 2.05) is 0 Å². The molecule has 4 fully saturated rings. The second-order valence-electron chi connectivity index (χ2n) is 22.9. The maximum absolute atomic E-state index is 6.84. The Labute approximate surface area is 381 Å². The van der Waals surface area contributed by atoms with Crippen molar-refractivity contribution >= 4 is 8.29 Å². The average molecular weight is 1020 g/mol. The van der Waals surface area contributed by atoms with E-state index in [4.69, 9.17) is 18.9 Å². The minimum absolute atomic E-state index is 0.00173. The van der Waals surface area contributed by atoms with Gasteiger partial charge in [-0.25, -0.2) is 0 Å². The van der Waals surface area contributed by atoms with Crippen LogP contribution in [0.4, 0.5) is 0 Å². The van der Waals surface area contributed by atoms with E-state index in [-0.39, 0.29) is 45.8 Å². The van der Waals surface area contributed by atoms with Crippen LogP contribution in [0.3, 0.4) is 0 Å². The summed E-state index contributed by atoms with van der Waals surface area (Å²) >= 11 is -0.825. The van der Waals surface area contributed by atoms with Crippen LogP contribution in [0, 0.1) is 0 Å². The van der Waals surface area contributed by atoms with E-state index in [0.29, 0.717) is 26.4 Å². The van der Waals surface area contributed by atoms with Crippen molar-refractivity contribution in [2.75, 3.05) is 26.4 Å². The van der Waals surface area contributed by atoms with Gasteiger partial charge >= 0.3 is 383 Å². The zero-order valence-corrected chi connectivity index (χ0v) is 41.1. The van der Waals surface area contributed by atoms with Gasteiger partial charge < -0.3 is 0 Å². The van der Waals surface area contributed by atoms with Crippen molar-refractivity contribution in [2.45, 2.75) is 129 Å². The second kappa shape index (κ2) is 12.9.